The summed E-state index contributed by atoms with van der Waals surface area (Å²) in [6.07, 6.45) is -3.18. The molecular weight excluding hydrogens is 180 g/mol. The molecule has 0 atom stereocenters. The molecule has 0 saturated heterocycles. The van der Waals surface area contributed by atoms with Gasteiger partial charge in [-0.1, -0.05) is 0 Å². The molecule has 70 valence electrons. The minimum Gasteiger partial charge on any atom is -0.344 e. The first kappa shape index (κ1) is 13.3. The van der Waals surface area contributed by atoms with E-state index in [1.54, 1.807) is 0 Å². The van der Waals surface area contributed by atoms with Crippen LogP contribution in [0.1, 0.15) is 12.8 Å². The lowest BCUT2D eigenvalue weighted by atomic mass is 10.4. The van der Waals surface area contributed by atoms with Crippen molar-refractivity contribution in [3.8, 4) is 0 Å². The van der Waals surface area contributed by atoms with Crippen LogP contribution >= 0.6 is 0 Å². The zero-order valence-corrected chi connectivity index (χ0v) is 6.65. The highest BCUT2D eigenvalue weighted by Gasteiger charge is 2.07. The fourth-order valence-electron chi connectivity index (χ4n) is 0.420. The molecule has 0 aromatic heterocycles. The molecule has 0 spiro atoms. The summed E-state index contributed by atoms with van der Waals surface area (Å²) in [5.41, 5.74) is 0. The summed E-state index contributed by atoms with van der Waals surface area (Å²) in [5.74, 6) is -0.586. The van der Waals surface area contributed by atoms with Gasteiger partial charge in [-0.05, 0) is 6.42 Å². The van der Waals surface area contributed by atoms with Gasteiger partial charge in [-0.3, -0.25) is 4.55 Å². The van der Waals surface area contributed by atoms with Crippen LogP contribution in [0.4, 0.5) is 8.78 Å². The van der Waals surface area contributed by atoms with E-state index < -0.39 is 28.7 Å². The van der Waals surface area contributed by atoms with Gasteiger partial charge in [0.15, 0.2) is 0 Å². The normalized spacial score (nSPS) is 11.3. The van der Waals surface area contributed by atoms with Crippen molar-refractivity contribution in [2.24, 2.45) is 0 Å². The Morgan fingerprint density at radius 1 is 1.36 bits per heavy atom. The largest absolute Gasteiger partial charge is 0.344 e. The van der Waals surface area contributed by atoms with Crippen LogP contribution in [0.15, 0.2) is 0 Å². The van der Waals surface area contributed by atoms with Crippen LogP contribution in [0.25, 0.3) is 0 Å². The fourth-order valence-corrected chi connectivity index (χ4v) is 0.952. The maximum Gasteiger partial charge on any atom is 0.264 e. The molecule has 11 heavy (non-hydrogen) atoms. The number of halogens is 2. The quantitative estimate of drug-likeness (QED) is 0.650. The standard InChI is InChI=1S/C4H8F2O3S.H3N/c5-4(6)2-1-3-10(7,8)9;/h4H,1-3H2,(H,7,8,9);1H3. The van der Waals surface area contributed by atoms with E-state index in [0.29, 0.717) is 0 Å². The smallest absolute Gasteiger partial charge is 0.264 e. The van der Waals surface area contributed by atoms with E-state index in [9.17, 15) is 17.2 Å². The van der Waals surface area contributed by atoms with Gasteiger partial charge in [0, 0.05) is 6.42 Å². The third-order valence-corrected chi connectivity index (χ3v) is 1.63. The van der Waals surface area contributed by atoms with Crippen LogP contribution in [0, 0.1) is 0 Å². The molecule has 0 aliphatic rings. The van der Waals surface area contributed by atoms with Crippen molar-refractivity contribution in [3.05, 3.63) is 0 Å². The molecule has 0 amide bonds. The molecule has 0 unspecified atom stereocenters. The maximum atomic E-state index is 11.3. The highest BCUT2D eigenvalue weighted by atomic mass is 32.2. The van der Waals surface area contributed by atoms with Crippen molar-refractivity contribution in [2.45, 2.75) is 19.3 Å². The second-order valence-electron chi connectivity index (χ2n) is 1.82. The molecule has 0 aromatic rings. The Bertz CT molecular complexity index is 180. The molecule has 0 bridgehead atoms. The number of rotatable bonds is 4. The second-order valence-corrected chi connectivity index (χ2v) is 3.39. The monoisotopic (exact) mass is 191 g/mol. The average Bonchev–Trinajstić information content (AvgIpc) is 1.59. The van der Waals surface area contributed by atoms with Gasteiger partial charge < -0.3 is 6.15 Å². The molecule has 0 aromatic carbocycles. The van der Waals surface area contributed by atoms with Crippen LogP contribution < -0.4 is 6.15 Å². The maximum absolute atomic E-state index is 11.3. The van der Waals surface area contributed by atoms with E-state index in [-0.39, 0.29) is 12.6 Å². The van der Waals surface area contributed by atoms with E-state index in [4.69, 9.17) is 4.55 Å². The molecule has 0 saturated carbocycles. The van der Waals surface area contributed by atoms with Gasteiger partial charge in [-0.2, -0.15) is 8.42 Å². The van der Waals surface area contributed by atoms with Crippen molar-refractivity contribution in [3.63, 3.8) is 0 Å². The number of hydrogen-bond acceptors (Lipinski definition) is 3. The van der Waals surface area contributed by atoms with E-state index in [1.807, 2.05) is 0 Å². The molecule has 4 nitrogen and oxygen atoms in total. The first-order valence-electron chi connectivity index (χ1n) is 2.65. The highest BCUT2D eigenvalue weighted by Crippen LogP contribution is 2.03. The van der Waals surface area contributed by atoms with Gasteiger partial charge in [0.25, 0.3) is 10.1 Å². The molecular formula is C4H11F2NO3S. The summed E-state index contributed by atoms with van der Waals surface area (Å²) in [6, 6.07) is 0. The summed E-state index contributed by atoms with van der Waals surface area (Å²) in [6.45, 7) is 0. The van der Waals surface area contributed by atoms with Crippen LogP contribution in [0.2, 0.25) is 0 Å². The molecule has 0 fully saturated rings. The lowest BCUT2D eigenvalue weighted by molar-refractivity contribution is 0.137. The van der Waals surface area contributed by atoms with E-state index in [2.05, 4.69) is 0 Å². The highest BCUT2D eigenvalue weighted by molar-refractivity contribution is 7.85. The van der Waals surface area contributed by atoms with Crippen LogP contribution in [0.5, 0.6) is 0 Å². The third-order valence-electron chi connectivity index (χ3n) is 0.825. The molecule has 0 rings (SSSR count). The molecule has 0 aliphatic carbocycles. The Labute approximate surface area is 63.9 Å². The summed E-state index contributed by atoms with van der Waals surface area (Å²) >= 11 is 0. The van der Waals surface area contributed by atoms with Gasteiger partial charge in [-0.25, -0.2) is 8.78 Å². The minimum atomic E-state index is -4.05. The molecule has 0 radical (unpaired) electrons. The lowest BCUT2D eigenvalue weighted by Crippen LogP contribution is -2.05. The Kier molecular flexibility index (Phi) is 6.53. The van der Waals surface area contributed by atoms with Gasteiger partial charge in [-0.15, -0.1) is 0 Å². The fraction of sp³-hybridized carbons (Fsp3) is 1.00. The van der Waals surface area contributed by atoms with Gasteiger partial charge in [0.1, 0.15) is 0 Å². The third kappa shape index (κ3) is 12.8. The van der Waals surface area contributed by atoms with Crippen LogP contribution in [-0.4, -0.2) is 25.1 Å². The Morgan fingerprint density at radius 3 is 2.09 bits per heavy atom. The molecule has 4 N–H and O–H groups in total. The first-order chi connectivity index (χ1) is 4.42. The lowest BCUT2D eigenvalue weighted by Gasteiger charge is -1.95. The summed E-state index contributed by atoms with van der Waals surface area (Å²) in [5, 5.41) is 0. The SMILES string of the molecule is N.O=S(=O)(O)CCCC(F)F. The van der Waals surface area contributed by atoms with Gasteiger partial charge >= 0.3 is 0 Å². The number of alkyl halides is 2. The molecule has 7 heteroatoms. The van der Waals surface area contributed by atoms with E-state index in [1.165, 1.54) is 0 Å². The summed E-state index contributed by atoms with van der Waals surface area (Å²) < 4.78 is 50.6. The Balaban J connectivity index is 0. The average molecular weight is 191 g/mol. The Hall–Kier alpha value is -0.270. The number of hydrogen-bond donors (Lipinski definition) is 2. The van der Waals surface area contributed by atoms with Crippen molar-refractivity contribution >= 4 is 10.1 Å². The van der Waals surface area contributed by atoms with E-state index in [0.717, 1.165) is 0 Å². The summed E-state index contributed by atoms with van der Waals surface area (Å²) in [4.78, 5) is 0. The van der Waals surface area contributed by atoms with Crippen LogP contribution in [0.3, 0.4) is 0 Å². The van der Waals surface area contributed by atoms with Crippen molar-refractivity contribution in [2.75, 3.05) is 5.75 Å². The predicted octanol–water partition coefficient (Wildman–Crippen LogP) is 1.08. The van der Waals surface area contributed by atoms with Crippen LogP contribution in [-0.2, 0) is 10.1 Å². The zero-order valence-electron chi connectivity index (χ0n) is 5.83. The van der Waals surface area contributed by atoms with Gasteiger partial charge in [0.05, 0.1) is 5.75 Å². The Morgan fingerprint density at radius 2 is 1.82 bits per heavy atom. The second kappa shape index (κ2) is 5.39. The van der Waals surface area contributed by atoms with Crippen molar-refractivity contribution in [1.29, 1.82) is 0 Å². The van der Waals surface area contributed by atoms with Gasteiger partial charge in [0.2, 0.25) is 6.43 Å². The van der Waals surface area contributed by atoms with E-state index >= 15 is 0 Å². The van der Waals surface area contributed by atoms with Crippen molar-refractivity contribution in [1.82, 2.24) is 6.15 Å². The molecule has 0 aliphatic heterocycles. The molecule has 0 heterocycles. The summed E-state index contributed by atoms with van der Waals surface area (Å²) in [7, 11) is -4.05. The predicted molar refractivity (Wildman–Crippen MR) is 36.7 cm³/mol. The van der Waals surface area contributed by atoms with Crippen molar-refractivity contribution < 1.29 is 21.8 Å². The first-order valence-corrected chi connectivity index (χ1v) is 4.26. The topological polar surface area (TPSA) is 89.4 Å². The minimum absolute atomic E-state index is 0. The zero-order chi connectivity index (χ0) is 8.20.